The van der Waals surface area contributed by atoms with Crippen molar-refractivity contribution in [1.82, 2.24) is 4.98 Å². The molecule has 1 N–H and O–H groups in total. The number of nitrogens with one attached hydrogen (secondary N) is 1. The van der Waals surface area contributed by atoms with Crippen molar-refractivity contribution < 1.29 is 9.21 Å². The van der Waals surface area contributed by atoms with Crippen molar-refractivity contribution in [2.75, 3.05) is 5.32 Å². The van der Waals surface area contributed by atoms with Crippen molar-refractivity contribution in [3.05, 3.63) is 88.4 Å². The lowest BCUT2D eigenvalue weighted by Crippen LogP contribution is -2.08. The average Bonchev–Trinajstić information content (AvgIpc) is 3.10. The Bertz CT molecular complexity index is 1200. The summed E-state index contributed by atoms with van der Waals surface area (Å²) < 4.78 is 5.82. The molecule has 28 heavy (non-hydrogen) atoms. The molecular weight excluding hydrogens is 395 g/mol. The molecule has 0 saturated heterocycles. The van der Waals surface area contributed by atoms with Gasteiger partial charge in [0.25, 0.3) is 0 Å². The van der Waals surface area contributed by atoms with Crippen LogP contribution in [-0.2, 0) is 4.79 Å². The Hall–Kier alpha value is -3.08. The van der Waals surface area contributed by atoms with Gasteiger partial charge in [-0.1, -0.05) is 53.5 Å². The molecule has 0 spiro atoms. The minimum atomic E-state index is -0.286. The number of hydrogen-bond donors (Lipinski definition) is 1. The van der Waals surface area contributed by atoms with E-state index >= 15 is 0 Å². The molecule has 0 bridgehead atoms. The van der Waals surface area contributed by atoms with Crippen molar-refractivity contribution in [2.45, 2.75) is 0 Å². The second-order valence-corrected chi connectivity index (χ2v) is 6.86. The summed E-state index contributed by atoms with van der Waals surface area (Å²) in [5, 5.41) is 4.02. The van der Waals surface area contributed by atoms with Gasteiger partial charge in [-0.3, -0.25) is 4.79 Å². The highest BCUT2D eigenvalue weighted by Crippen LogP contribution is 2.31. The van der Waals surface area contributed by atoms with Gasteiger partial charge in [-0.25, -0.2) is 4.98 Å². The third kappa shape index (κ3) is 3.93. The number of carbonyl (C=O) groups is 1. The summed E-state index contributed by atoms with van der Waals surface area (Å²) in [4.78, 5) is 16.9. The summed E-state index contributed by atoms with van der Waals surface area (Å²) in [5.74, 6) is 0.120. The van der Waals surface area contributed by atoms with Gasteiger partial charge < -0.3 is 9.73 Å². The lowest BCUT2D eigenvalue weighted by molar-refractivity contribution is -0.111. The minimum absolute atomic E-state index is 0.286. The molecule has 0 saturated carbocycles. The topological polar surface area (TPSA) is 55.1 Å². The van der Waals surface area contributed by atoms with Crippen LogP contribution < -0.4 is 5.32 Å². The van der Waals surface area contributed by atoms with E-state index in [0.717, 1.165) is 5.56 Å². The molecule has 0 fully saturated rings. The minimum Gasteiger partial charge on any atom is -0.436 e. The maximum Gasteiger partial charge on any atom is 0.248 e. The number of anilines is 1. The second kappa shape index (κ2) is 7.89. The highest BCUT2D eigenvalue weighted by molar-refractivity contribution is 6.32. The Labute approximate surface area is 171 Å². The maximum atomic E-state index is 12.4. The molecular formula is C22H14Cl2N2O2. The van der Waals surface area contributed by atoms with Gasteiger partial charge in [-0.15, -0.1) is 0 Å². The fourth-order valence-corrected chi connectivity index (χ4v) is 3.11. The summed E-state index contributed by atoms with van der Waals surface area (Å²) in [6.45, 7) is 0. The summed E-state index contributed by atoms with van der Waals surface area (Å²) in [7, 11) is 0. The molecule has 1 heterocycles. The largest absolute Gasteiger partial charge is 0.436 e. The highest BCUT2D eigenvalue weighted by Gasteiger charge is 2.13. The van der Waals surface area contributed by atoms with Gasteiger partial charge in [-0.2, -0.15) is 0 Å². The van der Waals surface area contributed by atoms with E-state index < -0.39 is 0 Å². The quantitative estimate of drug-likeness (QED) is 0.394. The van der Waals surface area contributed by atoms with Crippen molar-refractivity contribution >= 4 is 52.0 Å². The molecule has 4 rings (SSSR count). The van der Waals surface area contributed by atoms with E-state index in [9.17, 15) is 4.79 Å². The lowest BCUT2D eigenvalue weighted by atomic mass is 10.1. The van der Waals surface area contributed by atoms with E-state index in [1.54, 1.807) is 36.4 Å². The predicted molar refractivity (Wildman–Crippen MR) is 114 cm³/mol. The summed E-state index contributed by atoms with van der Waals surface area (Å²) in [6, 6.07) is 19.9. The molecule has 1 aromatic heterocycles. The van der Waals surface area contributed by atoms with Gasteiger partial charge in [0, 0.05) is 16.1 Å². The number of para-hydroxylation sites is 1. The van der Waals surface area contributed by atoms with Gasteiger partial charge in [0.15, 0.2) is 5.58 Å². The highest BCUT2D eigenvalue weighted by atomic mass is 35.5. The first-order valence-corrected chi connectivity index (χ1v) is 9.25. The smallest absolute Gasteiger partial charge is 0.248 e. The van der Waals surface area contributed by atoms with E-state index in [2.05, 4.69) is 10.3 Å². The first-order valence-electron chi connectivity index (χ1n) is 8.49. The second-order valence-electron chi connectivity index (χ2n) is 6.02. The fourth-order valence-electron chi connectivity index (χ4n) is 2.74. The molecule has 1 amide bonds. The number of amides is 1. The molecule has 6 heteroatoms. The molecule has 0 aliphatic carbocycles. The van der Waals surface area contributed by atoms with Gasteiger partial charge in [0.2, 0.25) is 11.8 Å². The summed E-state index contributed by atoms with van der Waals surface area (Å²) >= 11 is 12.1. The van der Waals surface area contributed by atoms with Crippen LogP contribution in [0.5, 0.6) is 0 Å². The van der Waals surface area contributed by atoms with Gasteiger partial charge in [0.05, 0.1) is 11.3 Å². The Kier molecular flexibility index (Phi) is 5.15. The number of carbonyl (C=O) groups excluding carboxylic acids is 1. The number of oxazole rings is 1. The maximum absolute atomic E-state index is 12.4. The van der Waals surface area contributed by atoms with Crippen LogP contribution in [0.4, 0.5) is 5.69 Å². The molecule has 3 aromatic carbocycles. The zero-order chi connectivity index (χ0) is 19.5. The number of fused-ring (bicyclic) bond motifs is 1. The van der Waals surface area contributed by atoms with Crippen LogP contribution in [0.3, 0.4) is 0 Å². The lowest BCUT2D eigenvalue weighted by Gasteiger charge is -2.06. The number of rotatable bonds is 4. The number of hydrogen-bond acceptors (Lipinski definition) is 3. The van der Waals surface area contributed by atoms with Crippen LogP contribution in [-0.4, -0.2) is 10.9 Å². The number of halogens is 2. The average molecular weight is 409 g/mol. The van der Waals surface area contributed by atoms with E-state index in [-0.39, 0.29) is 5.91 Å². The van der Waals surface area contributed by atoms with E-state index in [1.165, 1.54) is 6.08 Å². The molecule has 0 radical (unpaired) electrons. The van der Waals surface area contributed by atoms with Gasteiger partial charge in [0.1, 0.15) is 5.52 Å². The predicted octanol–water partition coefficient (Wildman–Crippen LogP) is 6.45. The van der Waals surface area contributed by atoms with E-state index in [1.807, 2.05) is 36.4 Å². The van der Waals surface area contributed by atoms with Crippen LogP contribution in [0.2, 0.25) is 10.0 Å². The van der Waals surface area contributed by atoms with Crippen molar-refractivity contribution in [3.63, 3.8) is 0 Å². The Morgan fingerprint density at radius 3 is 2.64 bits per heavy atom. The molecule has 4 aromatic rings. The number of aromatic nitrogens is 1. The molecule has 0 aliphatic rings. The summed E-state index contributed by atoms with van der Waals surface area (Å²) in [6.07, 6.45) is 3.10. The first-order chi connectivity index (χ1) is 13.6. The number of benzene rings is 3. The fraction of sp³-hybridized carbons (Fsp3) is 0. The molecule has 4 nitrogen and oxygen atoms in total. The first kappa shape index (κ1) is 18.3. The van der Waals surface area contributed by atoms with Gasteiger partial charge >= 0.3 is 0 Å². The van der Waals surface area contributed by atoms with Gasteiger partial charge in [-0.05, 0) is 48.0 Å². The Balaban J connectivity index is 1.60. The summed E-state index contributed by atoms with van der Waals surface area (Å²) in [5.41, 5.74) is 3.31. The molecule has 0 unspecified atom stereocenters. The van der Waals surface area contributed by atoms with Crippen molar-refractivity contribution in [3.8, 4) is 11.5 Å². The zero-order valence-electron chi connectivity index (χ0n) is 14.5. The molecule has 0 atom stereocenters. The zero-order valence-corrected chi connectivity index (χ0v) is 16.0. The number of nitrogens with zero attached hydrogens (tertiary/aromatic N) is 1. The third-order valence-corrected chi connectivity index (χ3v) is 4.66. The Morgan fingerprint density at radius 1 is 1.00 bits per heavy atom. The SMILES string of the molecule is O=C(C=Cc1ccccc1Cl)Nc1ccccc1-c1nc2cc(Cl)ccc2o1. The van der Waals surface area contributed by atoms with Crippen LogP contribution in [0.15, 0.2) is 77.2 Å². The standard InChI is InChI=1S/C22H14Cl2N2O2/c23-15-10-11-20-19(13-15)26-22(28-20)16-6-2-4-8-18(16)25-21(27)12-9-14-5-1-3-7-17(14)24/h1-13H,(H,25,27). The monoisotopic (exact) mass is 408 g/mol. The van der Waals surface area contributed by atoms with Crippen molar-refractivity contribution in [2.24, 2.45) is 0 Å². The van der Waals surface area contributed by atoms with E-state index in [0.29, 0.717) is 38.3 Å². The molecule has 0 aliphatic heterocycles. The van der Waals surface area contributed by atoms with Crippen LogP contribution in [0.1, 0.15) is 5.56 Å². The van der Waals surface area contributed by atoms with Crippen molar-refractivity contribution in [1.29, 1.82) is 0 Å². The van der Waals surface area contributed by atoms with Crippen LogP contribution in [0, 0.1) is 0 Å². The van der Waals surface area contributed by atoms with E-state index in [4.69, 9.17) is 27.6 Å². The van der Waals surface area contributed by atoms with Crippen LogP contribution in [0.25, 0.3) is 28.6 Å². The normalized spacial score (nSPS) is 11.2. The Morgan fingerprint density at radius 2 is 1.79 bits per heavy atom. The third-order valence-electron chi connectivity index (χ3n) is 4.08. The van der Waals surface area contributed by atoms with Crippen LogP contribution >= 0.6 is 23.2 Å². The molecule has 138 valence electrons.